The lowest BCUT2D eigenvalue weighted by Gasteiger charge is -2.22. The van der Waals surface area contributed by atoms with Gasteiger partial charge >= 0.3 is 0 Å². The molecule has 0 aromatic rings. The van der Waals surface area contributed by atoms with Crippen LogP contribution >= 0.6 is 22.6 Å². The number of hydrogen-bond acceptors (Lipinski definition) is 1. The molecule has 1 nitrogen and oxygen atoms in total. The van der Waals surface area contributed by atoms with Crippen LogP contribution in [0.3, 0.4) is 0 Å². The standard InChI is InChI=1S/C9H18IN/c1-8-3-4-9(7-8)11(2)6-5-10/h8-9H,3-7H2,1-2H3. The average Bonchev–Trinajstić information content (AvgIpc) is 2.36. The second-order valence-corrected chi connectivity index (χ2v) is 4.82. The molecule has 0 heterocycles. The highest BCUT2D eigenvalue weighted by atomic mass is 127. The SMILES string of the molecule is CC1CCC(N(C)CCI)C1. The molecule has 0 aromatic heterocycles. The zero-order chi connectivity index (χ0) is 8.27. The van der Waals surface area contributed by atoms with Crippen molar-refractivity contribution in [2.45, 2.75) is 32.2 Å². The Labute approximate surface area is 83.7 Å². The van der Waals surface area contributed by atoms with Gasteiger partial charge in [0.2, 0.25) is 0 Å². The zero-order valence-corrected chi connectivity index (χ0v) is 9.67. The fourth-order valence-electron chi connectivity index (χ4n) is 1.89. The van der Waals surface area contributed by atoms with Crippen molar-refractivity contribution >= 4 is 22.6 Å². The van der Waals surface area contributed by atoms with Gasteiger partial charge in [-0.3, -0.25) is 0 Å². The van der Waals surface area contributed by atoms with E-state index < -0.39 is 0 Å². The number of nitrogens with zero attached hydrogens (tertiary/aromatic N) is 1. The summed E-state index contributed by atoms with van der Waals surface area (Å²) in [7, 11) is 2.27. The molecule has 0 aromatic carbocycles. The predicted octanol–water partition coefficient (Wildman–Crippen LogP) is 2.54. The summed E-state index contributed by atoms with van der Waals surface area (Å²) >= 11 is 2.45. The lowest BCUT2D eigenvalue weighted by molar-refractivity contribution is 0.257. The fraction of sp³-hybridized carbons (Fsp3) is 1.00. The molecular weight excluding hydrogens is 249 g/mol. The van der Waals surface area contributed by atoms with Crippen LogP contribution in [0.5, 0.6) is 0 Å². The summed E-state index contributed by atoms with van der Waals surface area (Å²) in [6.07, 6.45) is 4.29. The Balaban J connectivity index is 2.25. The maximum atomic E-state index is 2.52. The van der Waals surface area contributed by atoms with E-state index in [0.717, 1.165) is 12.0 Å². The minimum Gasteiger partial charge on any atom is -0.303 e. The van der Waals surface area contributed by atoms with Gasteiger partial charge in [0.05, 0.1) is 0 Å². The van der Waals surface area contributed by atoms with Crippen molar-refractivity contribution in [2.75, 3.05) is 18.0 Å². The molecule has 0 N–H and O–H groups in total. The second kappa shape index (κ2) is 4.65. The van der Waals surface area contributed by atoms with Crippen molar-refractivity contribution in [1.82, 2.24) is 4.90 Å². The molecule has 0 aliphatic heterocycles. The van der Waals surface area contributed by atoms with Crippen LogP contribution in [0.15, 0.2) is 0 Å². The molecule has 0 bridgehead atoms. The first-order chi connectivity index (χ1) is 5.24. The summed E-state index contributed by atoms with van der Waals surface area (Å²) in [6.45, 7) is 3.63. The maximum Gasteiger partial charge on any atom is 0.0123 e. The highest BCUT2D eigenvalue weighted by Crippen LogP contribution is 2.27. The summed E-state index contributed by atoms with van der Waals surface area (Å²) in [4.78, 5) is 2.52. The van der Waals surface area contributed by atoms with Crippen LogP contribution in [-0.2, 0) is 0 Å². The lowest BCUT2D eigenvalue weighted by atomic mass is 10.1. The van der Waals surface area contributed by atoms with Crippen LogP contribution in [0.1, 0.15) is 26.2 Å². The van der Waals surface area contributed by atoms with Gasteiger partial charge in [0, 0.05) is 17.0 Å². The molecule has 11 heavy (non-hydrogen) atoms. The van der Waals surface area contributed by atoms with E-state index in [4.69, 9.17) is 0 Å². The molecule has 2 heteroatoms. The lowest BCUT2D eigenvalue weighted by Crippen LogP contribution is -2.30. The first-order valence-corrected chi connectivity index (χ1v) is 6.02. The molecule has 2 atom stereocenters. The van der Waals surface area contributed by atoms with Gasteiger partial charge in [-0.05, 0) is 32.2 Å². The summed E-state index contributed by atoms with van der Waals surface area (Å²) in [6, 6.07) is 0.889. The first kappa shape index (κ1) is 9.78. The van der Waals surface area contributed by atoms with Gasteiger partial charge in [-0.1, -0.05) is 29.5 Å². The van der Waals surface area contributed by atoms with Gasteiger partial charge in [0.1, 0.15) is 0 Å². The quantitative estimate of drug-likeness (QED) is 0.561. The number of hydrogen-bond donors (Lipinski definition) is 0. The van der Waals surface area contributed by atoms with Crippen LogP contribution in [0.4, 0.5) is 0 Å². The Bertz CT molecular complexity index is 116. The third-order valence-electron chi connectivity index (χ3n) is 2.73. The van der Waals surface area contributed by atoms with Gasteiger partial charge in [0.15, 0.2) is 0 Å². The van der Waals surface area contributed by atoms with Crippen molar-refractivity contribution in [2.24, 2.45) is 5.92 Å². The van der Waals surface area contributed by atoms with Crippen LogP contribution in [0, 0.1) is 5.92 Å². The van der Waals surface area contributed by atoms with Crippen molar-refractivity contribution in [3.63, 3.8) is 0 Å². The Kier molecular flexibility index (Phi) is 4.13. The number of alkyl halides is 1. The van der Waals surface area contributed by atoms with E-state index in [1.807, 2.05) is 0 Å². The van der Waals surface area contributed by atoms with Crippen molar-refractivity contribution in [3.8, 4) is 0 Å². The third-order valence-corrected chi connectivity index (χ3v) is 3.21. The van der Waals surface area contributed by atoms with E-state index in [2.05, 4.69) is 41.5 Å². The molecule has 0 spiro atoms. The highest BCUT2D eigenvalue weighted by molar-refractivity contribution is 14.1. The molecule has 0 radical (unpaired) electrons. The second-order valence-electron chi connectivity index (χ2n) is 3.74. The highest BCUT2D eigenvalue weighted by Gasteiger charge is 2.23. The molecule has 1 rings (SSSR count). The van der Waals surface area contributed by atoms with Crippen LogP contribution in [-0.4, -0.2) is 29.0 Å². The van der Waals surface area contributed by atoms with E-state index in [0.29, 0.717) is 0 Å². The van der Waals surface area contributed by atoms with E-state index in [1.54, 1.807) is 0 Å². The summed E-state index contributed by atoms with van der Waals surface area (Å²) in [5, 5.41) is 0. The molecule has 0 saturated heterocycles. The molecule has 1 aliphatic carbocycles. The van der Waals surface area contributed by atoms with E-state index in [-0.39, 0.29) is 0 Å². The summed E-state index contributed by atoms with van der Waals surface area (Å²) in [5.74, 6) is 0.969. The van der Waals surface area contributed by atoms with Gasteiger partial charge < -0.3 is 4.90 Å². The molecule has 1 aliphatic rings. The normalized spacial score (nSPS) is 31.6. The maximum absolute atomic E-state index is 2.52. The first-order valence-electron chi connectivity index (χ1n) is 4.50. The molecule has 1 saturated carbocycles. The van der Waals surface area contributed by atoms with Gasteiger partial charge in [0.25, 0.3) is 0 Å². The van der Waals surface area contributed by atoms with Crippen LogP contribution < -0.4 is 0 Å². The molecule has 0 amide bonds. The Morgan fingerprint density at radius 2 is 2.18 bits per heavy atom. The van der Waals surface area contributed by atoms with Crippen molar-refractivity contribution in [3.05, 3.63) is 0 Å². The topological polar surface area (TPSA) is 3.24 Å². The van der Waals surface area contributed by atoms with E-state index in [1.165, 1.54) is 30.2 Å². The summed E-state index contributed by atoms with van der Waals surface area (Å²) < 4.78 is 1.26. The zero-order valence-electron chi connectivity index (χ0n) is 7.52. The minimum atomic E-state index is 0.889. The molecule has 1 fully saturated rings. The number of halogens is 1. The third kappa shape index (κ3) is 2.90. The van der Waals surface area contributed by atoms with Gasteiger partial charge in [-0.15, -0.1) is 0 Å². The molecular formula is C9H18IN. The van der Waals surface area contributed by atoms with E-state index >= 15 is 0 Å². The van der Waals surface area contributed by atoms with E-state index in [9.17, 15) is 0 Å². The predicted molar refractivity (Wildman–Crippen MR) is 58.3 cm³/mol. The smallest absolute Gasteiger partial charge is 0.0123 e. The Morgan fingerprint density at radius 1 is 1.45 bits per heavy atom. The Hall–Kier alpha value is 0.690. The van der Waals surface area contributed by atoms with Crippen LogP contribution in [0.25, 0.3) is 0 Å². The van der Waals surface area contributed by atoms with Crippen LogP contribution in [0.2, 0.25) is 0 Å². The minimum absolute atomic E-state index is 0.889. The number of rotatable bonds is 3. The molecule has 2 unspecified atom stereocenters. The van der Waals surface area contributed by atoms with Gasteiger partial charge in [-0.25, -0.2) is 0 Å². The van der Waals surface area contributed by atoms with Crippen molar-refractivity contribution < 1.29 is 0 Å². The largest absolute Gasteiger partial charge is 0.303 e. The van der Waals surface area contributed by atoms with Gasteiger partial charge in [-0.2, -0.15) is 0 Å². The Morgan fingerprint density at radius 3 is 2.64 bits per heavy atom. The summed E-state index contributed by atoms with van der Waals surface area (Å²) in [5.41, 5.74) is 0. The molecule has 66 valence electrons. The monoisotopic (exact) mass is 267 g/mol. The average molecular weight is 267 g/mol. The fourth-order valence-corrected chi connectivity index (χ4v) is 2.65. The van der Waals surface area contributed by atoms with Crippen molar-refractivity contribution in [1.29, 1.82) is 0 Å².